The summed E-state index contributed by atoms with van der Waals surface area (Å²) >= 11 is 1.70. The molecule has 2 nitrogen and oxygen atoms in total. The Hall–Kier alpha value is -1.61. The van der Waals surface area contributed by atoms with E-state index >= 15 is 0 Å². The zero-order valence-corrected chi connectivity index (χ0v) is 8.10. The molecule has 0 aliphatic carbocycles. The Kier molecular flexibility index (Phi) is 1.49. The number of pyridine rings is 1. The van der Waals surface area contributed by atoms with Gasteiger partial charge in [0.2, 0.25) is 5.56 Å². The summed E-state index contributed by atoms with van der Waals surface area (Å²) in [5, 5.41) is 2.22. The topological polar surface area (TPSA) is 32.9 Å². The first kappa shape index (κ1) is 7.76. The lowest BCUT2D eigenvalue weighted by Crippen LogP contribution is -2.00. The zero-order chi connectivity index (χ0) is 9.54. The number of hydrogen-bond acceptors (Lipinski definition) is 2. The standard InChI is InChI=1S/C11H7NOS/c13-11-5-8-7-3-1-2-4-9(7)14-10(8)6-12-11/h1-6H,(H,12,13). The van der Waals surface area contributed by atoms with Crippen LogP contribution in [0.5, 0.6) is 0 Å². The largest absolute Gasteiger partial charge is 0.328 e. The first-order chi connectivity index (χ1) is 6.84. The minimum Gasteiger partial charge on any atom is -0.328 e. The molecule has 1 N–H and O–H groups in total. The van der Waals surface area contributed by atoms with Gasteiger partial charge in [-0.1, -0.05) is 18.2 Å². The van der Waals surface area contributed by atoms with Gasteiger partial charge >= 0.3 is 0 Å². The van der Waals surface area contributed by atoms with Crippen LogP contribution in [0.1, 0.15) is 0 Å². The molecule has 68 valence electrons. The van der Waals surface area contributed by atoms with Gasteiger partial charge in [0.25, 0.3) is 0 Å². The predicted octanol–water partition coefficient (Wildman–Crippen LogP) is 2.74. The number of thiophene rings is 1. The molecule has 0 aliphatic heterocycles. The fourth-order valence-corrected chi connectivity index (χ4v) is 2.72. The molecule has 0 aliphatic rings. The van der Waals surface area contributed by atoms with Crippen LogP contribution < -0.4 is 5.56 Å². The zero-order valence-electron chi connectivity index (χ0n) is 7.28. The SMILES string of the molecule is O=c1cc2c(c[nH]1)sc1ccccc12. The molecule has 0 bridgehead atoms. The van der Waals surface area contributed by atoms with Gasteiger partial charge in [0.05, 0.1) is 4.70 Å². The fraction of sp³-hybridized carbons (Fsp3) is 0. The summed E-state index contributed by atoms with van der Waals surface area (Å²) in [4.78, 5) is 13.9. The number of fused-ring (bicyclic) bond motifs is 3. The highest BCUT2D eigenvalue weighted by Crippen LogP contribution is 2.31. The number of rotatable bonds is 0. The van der Waals surface area contributed by atoms with E-state index in [9.17, 15) is 4.79 Å². The second kappa shape index (κ2) is 2.69. The lowest BCUT2D eigenvalue weighted by atomic mass is 10.2. The molecule has 0 saturated heterocycles. The van der Waals surface area contributed by atoms with Crippen LogP contribution in [0, 0.1) is 0 Å². The molecule has 2 heterocycles. The second-order valence-electron chi connectivity index (χ2n) is 3.17. The molecule has 0 atom stereocenters. The number of aromatic nitrogens is 1. The average Bonchev–Trinajstić information content (AvgIpc) is 2.56. The van der Waals surface area contributed by atoms with Gasteiger partial charge in [-0.3, -0.25) is 4.79 Å². The maximum absolute atomic E-state index is 11.2. The molecule has 0 amide bonds. The van der Waals surface area contributed by atoms with Crippen molar-refractivity contribution in [3.8, 4) is 0 Å². The van der Waals surface area contributed by atoms with Crippen molar-refractivity contribution in [3.05, 3.63) is 46.9 Å². The van der Waals surface area contributed by atoms with E-state index in [0.29, 0.717) is 0 Å². The van der Waals surface area contributed by atoms with Crippen molar-refractivity contribution in [2.24, 2.45) is 0 Å². The molecule has 3 rings (SSSR count). The van der Waals surface area contributed by atoms with Crippen LogP contribution in [0.3, 0.4) is 0 Å². The van der Waals surface area contributed by atoms with Crippen LogP contribution in [0.4, 0.5) is 0 Å². The van der Waals surface area contributed by atoms with Crippen molar-refractivity contribution in [1.82, 2.24) is 4.98 Å². The number of hydrogen-bond donors (Lipinski definition) is 1. The maximum Gasteiger partial charge on any atom is 0.248 e. The molecular weight excluding hydrogens is 194 g/mol. The van der Waals surface area contributed by atoms with Crippen molar-refractivity contribution in [2.45, 2.75) is 0 Å². The van der Waals surface area contributed by atoms with Gasteiger partial charge < -0.3 is 4.98 Å². The van der Waals surface area contributed by atoms with E-state index < -0.39 is 0 Å². The first-order valence-corrected chi connectivity index (χ1v) is 5.16. The highest BCUT2D eigenvalue weighted by Gasteiger charge is 2.03. The maximum atomic E-state index is 11.2. The third-order valence-corrected chi connectivity index (χ3v) is 3.42. The molecule has 0 saturated carbocycles. The Balaban J connectivity index is 2.65. The predicted molar refractivity (Wildman–Crippen MR) is 60.0 cm³/mol. The number of benzene rings is 1. The lowest BCUT2D eigenvalue weighted by Gasteiger charge is -1.88. The molecule has 0 fully saturated rings. The van der Waals surface area contributed by atoms with Crippen molar-refractivity contribution in [2.75, 3.05) is 0 Å². The molecule has 0 spiro atoms. The Morgan fingerprint density at radius 3 is 2.86 bits per heavy atom. The van der Waals surface area contributed by atoms with Crippen LogP contribution >= 0.6 is 11.3 Å². The molecule has 1 aromatic carbocycles. The van der Waals surface area contributed by atoms with Crippen molar-refractivity contribution >= 4 is 31.5 Å². The Labute approximate surface area is 83.8 Å². The Morgan fingerprint density at radius 2 is 1.93 bits per heavy atom. The van der Waals surface area contributed by atoms with E-state index in [2.05, 4.69) is 11.1 Å². The molecule has 0 unspecified atom stereocenters. The summed E-state index contributed by atoms with van der Waals surface area (Å²) in [6, 6.07) is 9.79. The van der Waals surface area contributed by atoms with Gasteiger partial charge in [-0.05, 0) is 6.07 Å². The van der Waals surface area contributed by atoms with Crippen molar-refractivity contribution < 1.29 is 0 Å². The monoisotopic (exact) mass is 201 g/mol. The van der Waals surface area contributed by atoms with Gasteiger partial charge in [-0.25, -0.2) is 0 Å². The van der Waals surface area contributed by atoms with Gasteiger partial charge in [0, 0.05) is 27.7 Å². The van der Waals surface area contributed by atoms with Gasteiger partial charge in [0.15, 0.2) is 0 Å². The molecule has 14 heavy (non-hydrogen) atoms. The smallest absolute Gasteiger partial charge is 0.248 e. The normalized spacial score (nSPS) is 11.1. The van der Waals surface area contributed by atoms with Crippen molar-refractivity contribution in [3.63, 3.8) is 0 Å². The van der Waals surface area contributed by atoms with E-state index in [1.54, 1.807) is 23.6 Å². The van der Waals surface area contributed by atoms with Crippen molar-refractivity contribution in [1.29, 1.82) is 0 Å². The summed E-state index contributed by atoms with van der Waals surface area (Å²) in [6.07, 6.45) is 1.78. The molecular formula is C11H7NOS. The Morgan fingerprint density at radius 1 is 1.07 bits per heavy atom. The van der Waals surface area contributed by atoms with E-state index in [0.717, 1.165) is 10.1 Å². The van der Waals surface area contributed by atoms with E-state index in [1.165, 1.54) is 10.1 Å². The van der Waals surface area contributed by atoms with Gasteiger partial charge in [-0.2, -0.15) is 0 Å². The third kappa shape index (κ3) is 0.992. The summed E-state index contributed by atoms with van der Waals surface area (Å²) in [5.41, 5.74) is -0.0407. The second-order valence-corrected chi connectivity index (χ2v) is 4.26. The summed E-state index contributed by atoms with van der Waals surface area (Å²) < 4.78 is 2.35. The van der Waals surface area contributed by atoms with Gasteiger partial charge in [-0.15, -0.1) is 11.3 Å². The highest BCUT2D eigenvalue weighted by molar-refractivity contribution is 7.25. The molecule has 0 radical (unpaired) electrons. The summed E-state index contributed by atoms with van der Waals surface area (Å²) in [7, 11) is 0. The van der Waals surface area contributed by atoms with Crippen LogP contribution in [0.2, 0.25) is 0 Å². The minimum atomic E-state index is -0.0407. The number of nitrogens with one attached hydrogen (secondary N) is 1. The van der Waals surface area contributed by atoms with Crippen LogP contribution in [0.15, 0.2) is 41.3 Å². The Bertz CT molecular complexity index is 665. The average molecular weight is 201 g/mol. The fourth-order valence-electron chi connectivity index (χ4n) is 1.65. The van der Waals surface area contributed by atoms with E-state index in [4.69, 9.17) is 0 Å². The first-order valence-electron chi connectivity index (χ1n) is 4.34. The van der Waals surface area contributed by atoms with Crippen LogP contribution in [-0.2, 0) is 0 Å². The van der Waals surface area contributed by atoms with E-state index in [1.807, 2.05) is 18.2 Å². The molecule has 2 aromatic heterocycles. The minimum absolute atomic E-state index is 0.0407. The van der Waals surface area contributed by atoms with E-state index in [-0.39, 0.29) is 5.56 Å². The summed E-state index contributed by atoms with van der Waals surface area (Å²) in [6.45, 7) is 0. The third-order valence-electron chi connectivity index (χ3n) is 2.28. The van der Waals surface area contributed by atoms with Crippen LogP contribution in [0.25, 0.3) is 20.2 Å². The quantitative estimate of drug-likeness (QED) is 0.596. The van der Waals surface area contributed by atoms with Gasteiger partial charge in [0.1, 0.15) is 0 Å². The molecule has 3 aromatic rings. The number of aromatic amines is 1. The summed E-state index contributed by atoms with van der Waals surface area (Å²) in [5.74, 6) is 0. The highest BCUT2D eigenvalue weighted by atomic mass is 32.1. The number of H-pyrrole nitrogens is 1. The lowest BCUT2D eigenvalue weighted by molar-refractivity contribution is 1.27. The molecule has 3 heteroatoms. The van der Waals surface area contributed by atoms with Crippen LogP contribution in [-0.4, -0.2) is 4.98 Å².